The highest BCUT2D eigenvalue weighted by molar-refractivity contribution is 5.80. The van der Waals surface area contributed by atoms with Crippen LogP contribution >= 0.6 is 0 Å². The van der Waals surface area contributed by atoms with Gasteiger partial charge in [-0.3, -0.25) is 9.59 Å². The van der Waals surface area contributed by atoms with Crippen LogP contribution in [-0.2, 0) is 14.3 Å². The van der Waals surface area contributed by atoms with E-state index in [1.165, 1.54) is 4.90 Å². The number of hydrogen-bond donors (Lipinski definition) is 2. The van der Waals surface area contributed by atoms with Crippen LogP contribution in [0.25, 0.3) is 11.1 Å². The average molecular weight is 453 g/mol. The zero-order valence-corrected chi connectivity index (χ0v) is 19.4. The van der Waals surface area contributed by atoms with Crippen molar-refractivity contribution in [2.75, 3.05) is 13.2 Å². The number of fused-ring (bicyclic) bond motifs is 3. The topological polar surface area (TPSA) is 95.9 Å². The number of aliphatic carboxylic acids is 1. The normalized spacial score (nSPS) is 13.2. The van der Waals surface area contributed by atoms with Gasteiger partial charge >= 0.3 is 12.1 Å². The van der Waals surface area contributed by atoms with E-state index in [0.29, 0.717) is 6.42 Å². The Morgan fingerprint density at radius 1 is 1.03 bits per heavy atom. The summed E-state index contributed by atoms with van der Waals surface area (Å²) in [5, 5.41) is 11.7. The van der Waals surface area contributed by atoms with E-state index in [-0.39, 0.29) is 49.9 Å². The SMILES string of the molecule is CCC(CC(=O)N(CCC(=O)O)C(C)C)NC(=O)OCC1c2ccccc2-c2ccccc21. The molecule has 0 aliphatic heterocycles. The summed E-state index contributed by atoms with van der Waals surface area (Å²) in [7, 11) is 0. The van der Waals surface area contributed by atoms with Crippen LogP contribution in [0, 0.1) is 0 Å². The number of carbonyl (C=O) groups is 3. The van der Waals surface area contributed by atoms with Crippen molar-refractivity contribution < 1.29 is 24.2 Å². The fourth-order valence-electron chi connectivity index (χ4n) is 4.32. The van der Waals surface area contributed by atoms with Crippen LogP contribution in [0.2, 0.25) is 0 Å². The summed E-state index contributed by atoms with van der Waals surface area (Å²) in [5.41, 5.74) is 4.60. The highest BCUT2D eigenvalue weighted by atomic mass is 16.5. The highest BCUT2D eigenvalue weighted by Gasteiger charge is 2.29. The first-order chi connectivity index (χ1) is 15.8. The standard InChI is InChI=1S/C26H32N2O5/c1-4-18(15-24(29)28(17(2)3)14-13-25(30)31)27-26(32)33-16-23-21-11-7-5-9-19(21)20-10-6-8-12-22(20)23/h5-12,17-18,23H,4,13-16H2,1-3H3,(H,27,32)(H,30,31). The number of ether oxygens (including phenoxy) is 1. The van der Waals surface area contributed by atoms with Gasteiger partial charge in [-0.05, 0) is 42.5 Å². The lowest BCUT2D eigenvalue weighted by Crippen LogP contribution is -2.44. The number of nitrogens with one attached hydrogen (secondary N) is 1. The molecule has 0 saturated heterocycles. The molecular weight excluding hydrogens is 420 g/mol. The van der Waals surface area contributed by atoms with Gasteiger partial charge < -0.3 is 20.1 Å². The van der Waals surface area contributed by atoms with Gasteiger partial charge in [0.05, 0.1) is 6.42 Å². The van der Waals surface area contributed by atoms with E-state index in [1.54, 1.807) is 0 Å². The Balaban J connectivity index is 1.58. The maximum Gasteiger partial charge on any atom is 0.407 e. The van der Waals surface area contributed by atoms with Crippen molar-refractivity contribution in [3.8, 4) is 11.1 Å². The number of amides is 2. The van der Waals surface area contributed by atoms with Crippen molar-refractivity contribution in [2.45, 2.75) is 58.0 Å². The summed E-state index contributed by atoms with van der Waals surface area (Å²) in [6.07, 6.45) is -0.0158. The van der Waals surface area contributed by atoms with Gasteiger partial charge in [0.15, 0.2) is 0 Å². The molecule has 2 amide bonds. The Morgan fingerprint density at radius 3 is 2.12 bits per heavy atom. The van der Waals surface area contributed by atoms with Gasteiger partial charge in [-0.2, -0.15) is 0 Å². The third kappa shape index (κ3) is 5.92. The molecule has 0 spiro atoms. The molecule has 0 radical (unpaired) electrons. The number of carbonyl (C=O) groups excluding carboxylic acids is 2. The third-order valence-corrected chi connectivity index (χ3v) is 6.09. The quantitative estimate of drug-likeness (QED) is 0.557. The van der Waals surface area contributed by atoms with E-state index in [0.717, 1.165) is 22.3 Å². The van der Waals surface area contributed by atoms with E-state index < -0.39 is 12.1 Å². The summed E-state index contributed by atoms with van der Waals surface area (Å²) in [6, 6.07) is 15.8. The molecule has 1 unspecified atom stereocenters. The molecule has 1 atom stereocenters. The lowest BCUT2D eigenvalue weighted by Gasteiger charge is -2.28. The minimum Gasteiger partial charge on any atom is -0.481 e. The minimum atomic E-state index is -0.947. The Morgan fingerprint density at radius 2 is 1.61 bits per heavy atom. The summed E-state index contributed by atoms with van der Waals surface area (Å²) in [6.45, 7) is 5.94. The molecule has 7 nitrogen and oxygen atoms in total. The maximum atomic E-state index is 12.7. The number of rotatable bonds is 10. The summed E-state index contributed by atoms with van der Waals surface area (Å²) in [5.74, 6) is -1.16. The lowest BCUT2D eigenvalue weighted by molar-refractivity contribution is -0.139. The van der Waals surface area contributed by atoms with Crippen molar-refractivity contribution in [1.82, 2.24) is 10.2 Å². The van der Waals surface area contributed by atoms with Gasteiger partial charge in [0.2, 0.25) is 5.91 Å². The predicted octanol–water partition coefficient (Wildman–Crippen LogP) is 4.41. The summed E-state index contributed by atoms with van der Waals surface area (Å²) < 4.78 is 5.59. The molecular formula is C26H32N2O5. The zero-order chi connectivity index (χ0) is 24.0. The van der Waals surface area contributed by atoms with Gasteiger partial charge in [0.25, 0.3) is 0 Å². The molecule has 2 aromatic rings. The third-order valence-electron chi connectivity index (χ3n) is 6.09. The molecule has 1 aliphatic rings. The molecule has 2 N–H and O–H groups in total. The van der Waals surface area contributed by atoms with Crippen molar-refractivity contribution in [1.29, 1.82) is 0 Å². The first kappa shape index (κ1) is 24.3. The van der Waals surface area contributed by atoms with Gasteiger partial charge in [-0.1, -0.05) is 55.5 Å². The molecule has 0 saturated carbocycles. The van der Waals surface area contributed by atoms with E-state index in [1.807, 2.05) is 45.0 Å². The minimum absolute atomic E-state index is 0.0303. The maximum absolute atomic E-state index is 12.7. The second-order valence-electron chi connectivity index (χ2n) is 8.60. The van der Waals surface area contributed by atoms with E-state index in [4.69, 9.17) is 9.84 Å². The smallest absolute Gasteiger partial charge is 0.407 e. The largest absolute Gasteiger partial charge is 0.481 e. The van der Waals surface area contributed by atoms with Gasteiger partial charge in [-0.15, -0.1) is 0 Å². The molecule has 2 aromatic carbocycles. The predicted molar refractivity (Wildman–Crippen MR) is 126 cm³/mol. The Labute approximate surface area is 194 Å². The van der Waals surface area contributed by atoms with Crippen molar-refractivity contribution in [2.24, 2.45) is 0 Å². The fourth-order valence-corrected chi connectivity index (χ4v) is 4.32. The summed E-state index contributed by atoms with van der Waals surface area (Å²) in [4.78, 5) is 37.7. The van der Waals surface area contributed by atoms with Crippen LogP contribution in [0.5, 0.6) is 0 Å². The van der Waals surface area contributed by atoms with Crippen molar-refractivity contribution >= 4 is 18.0 Å². The van der Waals surface area contributed by atoms with E-state index in [9.17, 15) is 14.4 Å². The molecule has 1 aliphatic carbocycles. The fraction of sp³-hybridized carbons (Fsp3) is 0.423. The molecule has 176 valence electrons. The van der Waals surface area contributed by atoms with Crippen LogP contribution in [0.4, 0.5) is 4.79 Å². The van der Waals surface area contributed by atoms with Crippen LogP contribution in [0.1, 0.15) is 57.1 Å². The number of benzene rings is 2. The van der Waals surface area contributed by atoms with E-state index >= 15 is 0 Å². The number of hydrogen-bond acceptors (Lipinski definition) is 4. The Kier molecular flexibility index (Phi) is 8.09. The zero-order valence-electron chi connectivity index (χ0n) is 19.4. The van der Waals surface area contributed by atoms with Gasteiger partial charge in [-0.25, -0.2) is 4.79 Å². The Hall–Kier alpha value is -3.35. The first-order valence-corrected chi connectivity index (χ1v) is 11.4. The molecule has 0 aromatic heterocycles. The molecule has 7 heteroatoms. The van der Waals surface area contributed by atoms with Crippen LogP contribution in [-0.4, -0.2) is 53.2 Å². The first-order valence-electron chi connectivity index (χ1n) is 11.4. The number of carboxylic acid groups (broad SMARTS) is 1. The van der Waals surface area contributed by atoms with Crippen molar-refractivity contribution in [3.05, 3.63) is 59.7 Å². The highest BCUT2D eigenvalue weighted by Crippen LogP contribution is 2.44. The van der Waals surface area contributed by atoms with Gasteiger partial charge in [0.1, 0.15) is 6.61 Å². The molecule has 0 fully saturated rings. The average Bonchev–Trinajstić information content (AvgIpc) is 3.10. The number of carboxylic acids is 1. The number of alkyl carbamates (subject to hydrolysis) is 1. The van der Waals surface area contributed by atoms with Crippen LogP contribution in [0.15, 0.2) is 48.5 Å². The summed E-state index contributed by atoms with van der Waals surface area (Å²) >= 11 is 0. The molecule has 0 heterocycles. The second kappa shape index (κ2) is 11.0. The van der Waals surface area contributed by atoms with E-state index in [2.05, 4.69) is 29.6 Å². The Bertz CT molecular complexity index is 958. The van der Waals surface area contributed by atoms with Crippen molar-refractivity contribution in [3.63, 3.8) is 0 Å². The molecule has 33 heavy (non-hydrogen) atoms. The second-order valence-corrected chi connectivity index (χ2v) is 8.60. The molecule has 0 bridgehead atoms. The number of nitrogens with zero attached hydrogens (tertiary/aromatic N) is 1. The van der Waals surface area contributed by atoms with Gasteiger partial charge in [0, 0.05) is 31.0 Å². The lowest BCUT2D eigenvalue weighted by atomic mass is 9.98. The van der Waals surface area contributed by atoms with Crippen LogP contribution < -0.4 is 5.32 Å². The molecule has 3 rings (SSSR count). The van der Waals surface area contributed by atoms with Crippen LogP contribution in [0.3, 0.4) is 0 Å². The monoisotopic (exact) mass is 452 g/mol.